The van der Waals surface area contributed by atoms with E-state index in [1.807, 2.05) is 26.8 Å². The van der Waals surface area contributed by atoms with Gasteiger partial charge in [-0.1, -0.05) is 11.6 Å². The van der Waals surface area contributed by atoms with Gasteiger partial charge in [-0.15, -0.1) is 10.2 Å². The van der Waals surface area contributed by atoms with Crippen LogP contribution in [0.3, 0.4) is 0 Å². The lowest BCUT2D eigenvalue weighted by Crippen LogP contribution is -2.12. The average molecular weight is 460 g/mol. The first-order valence-electron chi connectivity index (χ1n) is 10.7. The van der Waals surface area contributed by atoms with Gasteiger partial charge in [-0.25, -0.2) is 14.6 Å². The molecule has 0 aliphatic heterocycles. The van der Waals surface area contributed by atoms with Gasteiger partial charge in [0.15, 0.2) is 23.1 Å². The highest BCUT2D eigenvalue weighted by Crippen LogP contribution is 2.28. The van der Waals surface area contributed by atoms with Gasteiger partial charge in [0.1, 0.15) is 5.56 Å². The Hall–Kier alpha value is -4.34. The van der Waals surface area contributed by atoms with Crippen molar-refractivity contribution in [2.24, 2.45) is 0 Å². The molecule has 3 heterocycles. The number of carbonyl (C=O) groups excluding carboxylic acids is 2. The van der Waals surface area contributed by atoms with Crippen molar-refractivity contribution in [3.8, 4) is 5.82 Å². The van der Waals surface area contributed by atoms with E-state index in [0.29, 0.717) is 17.5 Å². The summed E-state index contributed by atoms with van der Waals surface area (Å²) in [6, 6.07) is 9.09. The molecule has 4 rings (SSSR count). The Balaban J connectivity index is 1.82. The van der Waals surface area contributed by atoms with Crippen molar-refractivity contribution in [3.05, 3.63) is 64.5 Å². The third kappa shape index (κ3) is 4.29. The number of nitrogens with one attached hydrogen (secondary N) is 1. The van der Waals surface area contributed by atoms with Crippen LogP contribution in [0.15, 0.2) is 36.5 Å². The predicted octanol–water partition coefficient (Wildman–Crippen LogP) is 3.84. The molecule has 0 fully saturated rings. The lowest BCUT2D eigenvalue weighted by molar-refractivity contribution is 0.0526. The monoisotopic (exact) mass is 460 g/mol. The molecule has 34 heavy (non-hydrogen) atoms. The maximum absolute atomic E-state index is 12.6. The van der Waals surface area contributed by atoms with Crippen LogP contribution in [0.25, 0.3) is 16.7 Å². The summed E-state index contributed by atoms with van der Waals surface area (Å²) in [5.74, 6) is -0.00884. The number of pyridine rings is 1. The first-order chi connectivity index (χ1) is 16.3. The van der Waals surface area contributed by atoms with E-state index in [0.717, 1.165) is 27.6 Å². The molecule has 0 aliphatic carbocycles. The first kappa shape index (κ1) is 22.8. The van der Waals surface area contributed by atoms with Gasteiger partial charge in [0.25, 0.3) is 0 Å². The number of fused-ring (bicyclic) bond motifs is 1. The number of ether oxygens (including phenoxy) is 2. The van der Waals surface area contributed by atoms with E-state index >= 15 is 0 Å². The molecule has 10 nitrogen and oxygen atoms in total. The molecule has 10 heteroatoms. The molecule has 0 bridgehead atoms. The number of methoxy groups -OCH3 is 1. The van der Waals surface area contributed by atoms with Crippen LogP contribution in [0, 0.1) is 20.8 Å². The van der Waals surface area contributed by atoms with E-state index in [9.17, 15) is 9.59 Å². The Labute approximate surface area is 195 Å². The zero-order valence-corrected chi connectivity index (χ0v) is 19.5. The van der Waals surface area contributed by atoms with Crippen LogP contribution in [0.4, 0.5) is 11.6 Å². The number of carbonyl (C=O) groups is 2. The van der Waals surface area contributed by atoms with Gasteiger partial charge < -0.3 is 14.8 Å². The molecule has 0 radical (unpaired) electrons. The predicted molar refractivity (Wildman–Crippen MR) is 126 cm³/mol. The summed E-state index contributed by atoms with van der Waals surface area (Å²) >= 11 is 0. The first-order valence-corrected chi connectivity index (χ1v) is 10.7. The van der Waals surface area contributed by atoms with Crippen LogP contribution in [-0.2, 0) is 9.47 Å². The van der Waals surface area contributed by atoms with E-state index in [1.165, 1.54) is 24.1 Å². The van der Waals surface area contributed by atoms with Crippen molar-refractivity contribution < 1.29 is 19.1 Å². The largest absolute Gasteiger partial charge is 0.464 e. The Kier molecular flexibility index (Phi) is 6.22. The van der Waals surface area contributed by atoms with Crippen LogP contribution < -0.4 is 5.32 Å². The van der Waals surface area contributed by atoms with Crippen molar-refractivity contribution in [1.29, 1.82) is 0 Å². The molecule has 0 saturated carbocycles. The van der Waals surface area contributed by atoms with Gasteiger partial charge in [-0.3, -0.25) is 0 Å². The molecule has 1 N–H and O–H groups in total. The lowest BCUT2D eigenvalue weighted by Gasteiger charge is -2.13. The fourth-order valence-electron chi connectivity index (χ4n) is 3.67. The molecule has 3 aromatic heterocycles. The molecule has 174 valence electrons. The zero-order chi connectivity index (χ0) is 24.4. The van der Waals surface area contributed by atoms with E-state index < -0.39 is 11.9 Å². The molecule has 1 aromatic carbocycles. The van der Waals surface area contributed by atoms with Crippen molar-refractivity contribution in [2.45, 2.75) is 27.7 Å². The summed E-state index contributed by atoms with van der Waals surface area (Å²) in [5, 5.41) is 16.4. The van der Waals surface area contributed by atoms with Crippen LogP contribution in [0.1, 0.15) is 44.5 Å². The van der Waals surface area contributed by atoms with Crippen molar-refractivity contribution in [1.82, 2.24) is 25.0 Å². The van der Waals surface area contributed by atoms with Gasteiger partial charge in [0.05, 0.1) is 25.4 Å². The zero-order valence-electron chi connectivity index (χ0n) is 19.5. The molecule has 0 unspecified atom stereocenters. The molecular weight excluding hydrogens is 436 g/mol. The highest BCUT2D eigenvalue weighted by molar-refractivity contribution is 5.96. The van der Waals surface area contributed by atoms with Crippen LogP contribution in [0.2, 0.25) is 0 Å². The van der Waals surface area contributed by atoms with Crippen molar-refractivity contribution in [2.75, 3.05) is 19.0 Å². The maximum atomic E-state index is 12.6. The third-order valence-electron chi connectivity index (χ3n) is 5.23. The molecule has 0 aliphatic rings. The maximum Gasteiger partial charge on any atom is 0.358 e. The topological polar surface area (TPSA) is 121 Å². The SMILES string of the molecule is CCOC(=O)c1cnn(-c2cc(C)c3cc(C)cc(C)c3n2)c1Nc1ccc(C(=O)OC)nn1. The quantitative estimate of drug-likeness (QED) is 0.428. The van der Waals surface area contributed by atoms with Crippen LogP contribution in [-0.4, -0.2) is 50.6 Å². The number of rotatable bonds is 6. The van der Waals surface area contributed by atoms with Crippen molar-refractivity contribution >= 4 is 34.5 Å². The molecule has 0 spiro atoms. The number of anilines is 2. The van der Waals surface area contributed by atoms with E-state index in [4.69, 9.17) is 9.72 Å². The Morgan fingerprint density at radius 2 is 1.82 bits per heavy atom. The smallest absolute Gasteiger partial charge is 0.358 e. The average Bonchev–Trinajstić information content (AvgIpc) is 3.23. The van der Waals surface area contributed by atoms with Gasteiger partial charge in [0.2, 0.25) is 0 Å². The van der Waals surface area contributed by atoms with Gasteiger partial charge in [0, 0.05) is 5.39 Å². The Morgan fingerprint density at radius 1 is 1.03 bits per heavy atom. The van der Waals surface area contributed by atoms with E-state index in [1.54, 1.807) is 13.0 Å². The summed E-state index contributed by atoms with van der Waals surface area (Å²) < 4.78 is 11.4. The number of nitrogens with zero attached hydrogens (tertiary/aromatic N) is 5. The minimum atomic E-state index is -0.599. The normalized spacial score (nSPS) is 10.9. The lowest BCUT2D eigenvalue weighted by atomic mass is 10.0. The second-order valence-electron chi connectivity index (χ2n) is 7.73. The summed E-state index contributed by atoms with van der Waals surface area (Å²) in [7, 11) is 1.27. The number of aromatic nitrogens is 5. The second-order valence-corrected chi connectivity index (χ2v) is 7.73. The molecule has 0 atom stereocenters. The highest BCUT2D eigenvalue weighted by Gasteiger charge is 2.22. The van der Waals surface area contributed by atoms with Gasteiger partial charge in [-0.05, 0) is 63.1 Å². The number of aryl methyl sites for hydroxylation is 3. The summed E-state index contributed by atoms with van der Waals surface area (Å²) in [6.07, 6.45) is 1.42. The molecule has 0 saturated heterocycles. The van der Waals surface area contributed by atoms with E-state index in [2.05, 4.69) is 37.5 Å². The number of hydrogen-bond donors (Lipinski definition) is 1. The summed E-state index contributed by atoms with van der Waals surface area (Å²) in [4.78, 5) is 29.1. The van der Waals surface area contributed by atoms with Crippen LogP contribution >= 0.6 is 0 Å². The second kappa shape index (κ2) is 9.26. The van der Waals surface area contributed by atoms with E-state index in [-0.39, 0.29) is 17.9 Å². The fourth-order valence-corrected chi connectivity index (χ4v) is 3.67. The number of hydrogen-bond acceptors (Lipinski definition) is 9. The molecule has 0 amide bonds. The molecular formula is C24H24N6O4. The standard InChI is InChI=1S/C24H24N6O4/c1-6-34-23(31)17-12-25-30(22(17)26-19-8-7-18(28-29-19)24(32)33-5)20-11-14(3)16-10-13(2)9-15(4)21(16)27-20/h7-12H,6H2,1-5H3,(H,26,29). The molecule has 4 aromatic rings. The number of esters is 2. The Bertz CT molecular complexity index is 1400. The van der Waals surface area contributed by atoms with Crippen molar-refractivity contribution in [3.63, 3.8) is 0 Å². The minimum Gasteiger partial charge on any atom is -0.464 e. The van der Waals surface area contributed by atoms with Gasteiger partial charge >= 0.3 is 11.9 Å². The minimum absolute atomic E-state index is 0.0600. The Morgan fingerprint density at radius 3 is 2.50 bits per heavy atom. The van der Waals surface area contributed by atoms with Gasteiger partial charge in [-0.2, -0.15) is 9.78 Å². The van der Waals surface area contributed by atoms with Crippen LogP contribution in [0.5, 0.6) is 0 Å². The summed E-state index contributed by atoms with van der Waals surface area (Å²) in [6.45, 7) is 8.00. The summed E-state index contributed by atoms with van der Waals surface area (Å²) in [5.41, 5.74) is 4.33. The fraction of sp³-hybridized carbons (Fsp3) is 0.250. The third-order valence-corrected chi connectivity index (χ3v) is 5.23. The number of benzene rings is 1. The highest BCUT2D eigenvalue weighted by atomic mass is 16.5.